The molecule has 0 fully saturated rings. The van der Waals surface area contributed by atoms with Gasteiger partial charge in [0.15, 0.2) is 0 Å². The van der Waals surface area contributed by atoms with Crippen LogP contribution in [-0.2, 0) is 11.3 Å². The van der Waals surface area contributed by atoms with Gasteiger partial charge in [-0.1, -0.05) is 54.6 Å². The Balaban J connectivity index is 1.40. The highest BCUT2D eigenvalue weighted by atomic mass is 16.5. The van der Waals surface area contributed by atoms with Crippen molar-refractivity contribution in [3.63, 3.8) is 0 Å². The first-order chi connectivity index (χ1) is 11.8. The minimum absolute atomic E-state index is 0.0554. The third-order valence-corrected chi connectivity index (χ3v) is 3.86. The van der Waals surface area contributed by atoms with E-state index in [1.807, 2.05) is 42.5 Å². The summed E-state index contributed by atoms with van der Waals surface area (Å²) in [5.41, 5.74) is 1.11. The van der Waals surface area contributed by atoms with E-state index >= 15 is 0 Å². The third-order valence-electron chi connectivity index (χ3n) is 3.86. The molecule has 0 aliphatic carbocycles. The number of hydrogen-bond donors (Lipinski definition) is 1. The highest BCUT2D eigenvalue weighted by molar-refractivity contribution is 5.83. The van der Waals surface area contributed by atoms with Crippen LogP contribution in [-0.4, -0.2) is 12.5 Å². The monoisotopic (exact) mass is 319 g/mol. The Morgan fingerprint density at radius 2 is 1.62 bits per heavy atom. The van der Waals surface area contributed by atoms with Crippen molar-refractivity contribution in [1.29, 1.82) is 0 Å². The summed E-state index contributed by atoms with van der Waals surface area (Å²) in [5.74, 6) is 0.897. The molecular formula is C21H21NO2. The zero-order valence-electron chi connectivity index (χ0n) is 13.6. The summed E-state index contributed by atoms with van der Waals surface area (Å²) in [6.45, 7) is 1.11. The van der Waals surface area contributed by atoms with Crippen molar-refractivity contribution in [2.24, 2.45) is 0 Å². The molecule has 0 atom stereocenters. The molecule has 1 amide bonds. The molecule has 0 saturated carbocycles. The van der Waals surface area contributed by atoms with Crippen molar-refractivity contribution >= 4 is 16.7 Å². The fourth-order valence-corrected chi connectivity index (χ4v) is 2.58. The quantitative estimate of drug-likeness (QED) is 0.659. The third kappa shape index (κ3) is 4.59. The van der Waals surface area contributed by atoms with Crippen LogP contribution in [0.15, 0.2) is 72.8 Å². The fraction of sp³-hybridized carbons (Fsp3) is 0.190. The number of carbonyl (C=O) groups excluding carboxylic acids is 1. The molecule has 0 aromatic heterocycles. The summed E-state index contributed by atoms with van der Waals surface area (Å²) in [6.07, 6.45) is 1.18. The van der Waals surface area contributed by atoms with E-state index in [4.69, 9.17) is 4.74 Å². The van der Waals surface area contributed by atoms with Crippen molar-refractivity contribution in [2.45, 2.75) is 19.4 Å². The second-order valence-electron chi connectivity index (χ2n) is 5.72. The molecule has 3 heteroatoms. The SMILES string of the molecule is O=C(CCCOc1ccccc1)NCc1ccc2ccccc2c1. The van der Waals surface area contributed by atoms with Crippen molar-refractivity contribution < 1.29 is 9.53 Å². The summed E-state index contributed by atoms with van der Waals surface area (Å²) in [6, 6.07) is 24.1. The van der Waals surface area contributed by atoms with E-state index in [2.05, 4.69) is 35.6 Å². The Morgan fingerprint density at radius 3 is 2.46 bits per heavy atom. The molecule has 3 aromatic rings. The highest BCUT2D eigenvalue weighted by Crippen LogP contribution is 2.15. The molecule has 0 saturated heterocycles. The van der Waals surface area contributed by atoms with E-state index in [0.29, 0.717) is 26.0 Å². The van der Waals surface area contributed by atoms with Crippen LogP contribution in [0.2, 0.25) is 0 Å². The van der Waals surface area contributed by atoms with E-state index in [-0.39, 0.29) is 5.91 Å². The lowest BCUT2D eigenvalue weighted by atomic mass is 10.1. The van der Waals surface area contributed by atoms with Crippen LogP contribution in [0.5, 0.6) is 5.75 Å². The number of hydrogen-bond acceptors (Lipinski definition) is 2. The summed E-state index contributed by atoms with van der Waals surface area (Å²) >= 11 is 0. The number of nitrogens with one attached hydrogen (secondary N) is 1. The van der Waals surface area contributed by atoms with Gasteiger partial charge >= 0.3 is 0 Å². The average molecular weight is 319 g/mol. The molecule has 3 rings (SSSR count). The van der Waals surface area contributed by atoms with Crippen LogP contribution in [0.25, 0.3) is 10.8 Å². The first-order valence-corrected chi connectivity index (χ1v) is 8.23. The van der Waals surface area contributed by atoms with Crippen molar-refractivity contribution in [2.75, 3.05) is 6.61 Å². The summed E-state index contributed by atoms with van der Waals surface area (Å²) in [4.78, 5) is 11.9. The molecule has 24 heavy (non-hydrogen) atoms. The lowest BCUT2D eigenvalue weighted by Gasteiger charge is -2.08. The number of benzene rings is 3. The molecule has 0 unspecified atom stereocenters. The van der Waals surface area contributed by atoms with Crippen molar-refractivity contribution in [3.05, 3.63) is 78.4 Å². The van der Waals surface area contributed by atoms with Crippen LogP contribution < -0.4 is 10.1 Å². The first kappa shape index (κ1) is 16.1. The topological polar surface area (TPSA) is 38.3 Å². The van der Waals surface area contributed by atoms with Gasteiger partial charge in [-0.05, 0) is 41.0 Å². The lowest BCUT2D eigenvalue weighted by molar-refractivity contribution is -0.121. The summed E-state index contributed by atoms with van der Waals surface area (Å²) < 4.78 is 5.59. The first-order valence-electron chi connectivity index (χ1n) is 8.23. The smallest absolute Gasteiger partial charge is 0.220 e. The highest BCUT2D eigenvalue weighted by Gasteiger charge is 2.02. The molecule has 3 aromatic carbocycles. The van der Waals surface area contributed by atoms with Gasteiger partial charge in [0, 0.05) is 13.0 Å². The maximum atomic E-state index is 11.9. The number of para-hydroxylation sites is 1. The number of ether oxygens (including phenoxy) is 1. The predicted molar refractivity (Wildman–Crippen MR) is 97.0 cm³/mol. The molecule has 3 nitrogen and oxygen atoms in total. The van der Waals surface area contributed by atoms with Crippen LogP contribution in [0.4, 0.5) is 0 Å². The van der Waals surface area contributed by atoms with Crippen LogP contribution >= 0.6 is 0 Å². The lowest BCUT2D eigenvalue weighted by Crippen LogP contribution is -2.22. The van der Waals surface area contributed by atoms with E-state index in [0.717, 1.165) is 11.3 Å². The van der Waals surface area contributed by atoms with Crippen molar-refractivity contribution in [3.8, 4) is 5.75 Å². The molecule has 0 heterocycles. The number of amides is 1. The van der Waals surface area contributed by atoms with Gasteiger partial charge < -0.3 is 10.1 Å². The van der Waals surface area contributed by atoms with Gasteiger partial charge in [0.25, 0.3) is 0 Å². The summed E-state index contributed by atoms with van der Waals surface area (Å²) in [7, 11) is 0. The Hall–Kier alpha value is -2.81. The maximum absolute atomic E-state index is 11.9. The van der Waals surface area contributed by atoms with E-state index in [9.17, 15) is 4.79 Å². The Bertz CT molecular complexity index is 799. The van der Waals surface area contributed by atoms with E-state index in [1.165, 1.54) is 10.8 Å². The van der Waals surface area contributed by atoms with Gasteiger partial charge in [0.2, 0.25) is 5.91 Å². The van der Waals surface area contributed by atoms with Crippen LogP contribution in [0.1, 0.15) is 18.4 Å². The normalized spacial score (nSPS) is 10.5. The Morgan fingerprint density at radius 1 is 0.875 bits per heavy atom. The Labute approximate surface area is 142 Å². The van der Waals surface area contributed by atoms with Gasteiger partial charge in [0.05, 0.1) is 6.61 Å². The molecule has 0 aliphatic rings. The fourth-order valence-electron chi connectivity index (χ4n) is 2.58. The molecule has 0 bridgehead atoms. The van der Waals surface area contributed by atoms with Gasteiger partial charge in [-0.15, -0.1) is 0 Å². The van der Waals surface area contributed by atoms with Gasteiger partial charge in [-0.25, -0.2) is 0 Å². The van der Waals surface area contributed by atoms with E-state index in [1.54, 1.807) is 0 Å². The number of fused-ring (bicyclic) bond motifs is 1. The van der Waals surface area contributed by atoms with Crippen molar-refractivity contribution in [1.82, 2.24) is 5.32 Å². The van der Waals surface area contributed by atoms with Gasteiger partial charge in [0.1, 0.15) is 5.75 Å². The Kier molecular flexibility index (Phi) is 5.46. The predicted octanol–water partition coefficient (Wildman–Crippen LogP) is 4.32. The van der Waals surface area contributed by atoms with Crippen LogP contribution in [0.3, 0.4) is 0 Å². The molecular weight excluding hydrogens is 298 g/mol. The molecule has 0 radical (unpaired) electrons. The zero-order chi connectivity index (χ0) is 16.6. The maximum Gasteiger partial charge on any atom is 0.220 e. The molecule has 0 spiro atoms. The number of rotatable bonds is 7. The largest absolute Gasteiger partial charge is 0.494 e. The molecule has 0 aliphatic heterocycles. The van der Waals surface area contributed by atoms with Gasteiger partial charge in [-0.3, -0.25) is 4.79 Å². The zero-order valence-corrected chi connectivity index (χ0v) is 13.6. The number of carbonyl (C=O) groups is 1. The molecule has 1 N–H and O–H groups in total. The standard InChI is InChI=1S/C21H21NO2/c23-21(11-6-14-24-20-9-2-1-3-10-20)22-16-17-12-13-18-7-4-5-8-19(18)15-17/h1-5,7-10,12-13,15H,6,11,14,16H2,(H,22,23). The minimum atomic E-state index is 0.0554. The molecule has 122 valence electrons. The van der Waals surface area contributed by atoms with Crippen LogP contribution in [0, 0.1) is 0 Å². The van der Waals surface area contributed by atoms with Gasteiger partial charge in [-0.2, -0.15) is 0 Å². The average Bonchev–Trinajstić information content (AvgIpc) is 2.64. The van der Waals surface area contributed by atoms with E-state index < -0.39 is 0 Å². The minimum Gasteiger partial charge on any atom is -0.494 e. The second kappa shape index (κ2) is 8.16. The second-order valence-corrected chi connectivity index (χ2v) is 5.72. The summed E-state index contributed by atoms with van der Waals surface area (Å²) in [5, 5.41) is 5.38.